The van der Waals surface area contributed by atoms with E-state index in [-0.39, 0.29) is 6.10 Å². The molecule has 2 unspecified atom stereocenters. The first-order valence-corrected chi connectivity index (χ1v) is 6.06. The van der Waals surface area contributed by atoms with Crippen molar-refractivity contribution in [1.29, 1.82) is 0 Å². The highest BCUT2D eigenvalue weighted by Gasteiger charge is 2.21. The Morgan fingerprint density at radius 1 is 1.50 bits per heavy atom. The lowest BCUT2D eigenvalue weighted by atomic mass is 10.2. The summed E-state index contributed by atoms with van der Waals surface area (Å²) in [7, 11) is 0. The zero-order valence-electron chi connectivity index (χ0n) is 8.75. The molecule has 0 aromatic carbocycles. The van der Waals surface area contributed by atoms with Crippen LogP contribution in [0.3, 0.4) is 0 Å². The lowest BCUT2D eigenvalue weighted by Crippen LogP contribution is -2.38. The molecule has 1 saturated heterocycles. The summed E-state index contributed by atoms with van der Waals surface area (Å²) in [5, 5.41) is 3.39. The van der Waals surface area contributed by atoms with Crippen LogP contribution >= 0.6 is 11.3 Å². The molecule has 2 heterocycles. The average molecular weight is 211 g/mol. The third kappa shape index (κ3) is 2.16. The summed E-state index contributed by atoms with van der Waals surface area (Å²) in [6.07, 6.45) is 1.73. The number of nitrogens with one attached hydrogen (secondary N) is 1. The molecule has 1 aromatic rings. The standard InChI is InChI=1S/C11H17NOS/c1-3-9-4-5-11(14-9)10-7-12-6-8(2)13-10/h4-5,8,10,12H,3,6-7H2,1-2H3. The number of hydrogen-bond donors (Lipinski definition) is 1. The largest absolute Gasteiger partial charge is 0.367 e. The number of aryl methyl sites for hydroxylation is 1. The summed E-state index contributed by atoms with van der Waals surface area (Å²) >= 11 is 1.88. The fourth-order valence-electron chi connectivity index (χ4n) is 1.72. The molecule has 1 aromatic heterocycles. The molecule has 14 heavy (non-hydrogen) atoms. The number of morpholine rings is 1. The second-order valence-corrected chi connectivity index (χ2v) is 4.95. The summed E-state index contributed by atoms with van der Waals surface area (Å²) in [5.41, 5.74) is 0. The molecule has 0 bridgehead atoms. The van der Waals surface area contributed by atoms with E-state index in [1.165, 1.54) is 9.75 Å². The normalized spacial score (nSPS) is 27.9. The van der Waals surface area contributed by atoms with Crippen LogP contribution in [0.5, 0.6) is 0 Å². The van der Waals surface area contributed by atoms with Gasteiger partial charge < -0.3 is 10.1 Å². The van der Waals surface area contributed by atoms with E-state index >= 15 is 0 Å². The van der Waals surface area contributed by atoms with Gasteiger partial charge in [-0.25, -0.2) is 0 Å². The van der Waals surface area contributed by atoms with E-state index in [4.69, 9.17) is 4.74 Å². The highest BCUT2D eigenvalue weighted by atomic mass is 32.1. The van der Waals surface area contributed by atoms with Crippen molar-refractivity contribution in [3.05, 3.63) is 21.9 Å². The maximum Gasteiger partial charge on any atom is 0.104 e. The molecular weight excluding hydrogens is 194 g/mol. The number of rotatable bonds is 2. The Balaban J connectivity index is 2.06. The quantitative estimate of drug-likeness (QED) is 0.811. The number of hydrogen-bond acceptors (Lipinski definition) is 3. The molecular formula is C11H17NOS. The molecule has 2 nitrogen and oxygen atoms in total. The van der Waals surface area contributed by atoms with E-state index in [9.17, 15) is 0 Å². The Kier molecular flexibility index (Phi) is 3.21. The van der Waals surface area contributed by atoms with Gasteiger partial charge in [-0.3, -0.25) is 0 Å². The summed E-state index contributed by atoms with van der Waals surface area (Å²) in [5.74, 6) is 0. The molecule has 1 aliphatic heterocycles. The first-order valence-electron chi connectivity index (χ1n) is 5.24. The fourth-order valence-corrected chi connectivity index (χ4v) is 2.71. The van der Waals surface area contributed by atoms with Crippen LogP contribution in [-0.2, 0) is 11.2 Å². The van der Waals surface area contributed by atoms with Crippen molar-refractivity contribution in [2.24, 2.45) is 0 Å². The van der Waals surface area contributed by atoms with Gasteiger partial charge in [0.05, 0.1) is 6.10 Å². The zero-order chi connectivity index (χ0) is 9.97. The lowest BCUT2D eigenvalue weighted by molar-refractivity contribution is -0.0268. The van der Waals surface area contributed by atoms with E-state index in [1.54, 1.807) is 0 Å². The first-order chi connectivity index (χ1) is 6.79. The number of thiophene rings is 1. The minimum atomic E-state index is 0.268. The van der Waals surface area contributed by atoms with Crippen molar-refractivity contribution < 1.29 is 4.74 Å². The fraction of sp³-hybridized carbons (Fsp3) is 0.636. The van der Waals surface area contributed by atoms with Gasteiger partial charge in [-0.1, -0.05) is 6.92 Å². The van der Waals surface area contributed by atoms with E-state index < -0.39 is 0 Å². The Bertz CT molecular complexity index is 297. The van der Waals surface area contributed by atoms with Gasteiger partial charge in [0.25, 0.3) is 0 Å². The Morgan fingerprint density at radius 2 is 2.36 bits per heavy atom. The van der Waals surface area contributed by atoms with Crippen molar-refractivity contribution in [1.82, 2.24) is 5.32 Å². The van der Waals surface area contributed by atoms with Crippen LogP contribution in [0, 0.1) is 0 Å². The van der Waals surface area contributed by atoms with Crippen LogP contribution in [0.15, 0.2) is 12.1 Å². The topological polar surface area (TPSA) is 21.3 Å². The van der Waals surface area contributed by atoms with Crippen LogP contribution in [0.2, 0.25) is 0 Å². The molecule has 0 saturated carbocycles. The van der Waals surface area contributed by atoms with Gasteiger partial charge in [0.1, 0.15) is 6.10 Å². The summed E-state index contributed by atoms with van der Waals surface area (Å²) in [6.45, 7) is 6.24. The van der Waals surface area contributed by atoms with Gasteiger partial charge in [0, 0.05) is 22.8 Å². The van der Waals surface area contributed by atoms with Crippen molar-refractivity contribution in [3.8, 4) is 0 Å². The maximum absolute atomic E-state index is 5.88. The summed E-state index contributed by atoms with van der Waals surface area (Å²) in [6, 6.07) is 4.41. The van der Waals surface area contributed by atoms with E-state index in [0.29, 0.717) is 6.10 Å². The molecule has 1 aliphatic rings. The molecule has 1 fully saturated rings. The molecule has 0 spiro atoms. The summed E-state index contributed by atoms with van der Waals surface area (Å²) in [4.78, 5) is 2.81. The van der Waals surface area contributed by atoms with Gasteiger partial charge in [0.15, 0.2) is 0 Å². The van der Waals surface area contributed by atoms with Crippen LogP contribution < -0.4 is 5.32 Å². The molecule has 1 N–H and O–H groups in total. The van der Waals surface area contributed by atoms with Crippen LogP contribution in [-0.4, -0.2) is 19.2 Å². The Labute approximate surface area is 89.3 Å². The first kappa shape index (κ1) is 10.1. The number of ether oxygens (including phenoxy) is 1. The maximum atomic E-state index is 5.88. The zero-order valence-corrected chi connectivity index (χ0v) is 9.56. The van der Waals surface area contributed by atoms with Gasteiger partial charge in [0.2, 0.25) is 0 Å². The van der Waals surface area contributed by atoms with Gasteiger partial charge in [-0.2, -0.15) is 0 Å². The van der Waals surface area contributed by atoms with Gasteiger partial charge in [-0.05, 0) is 25.5 Å². The van der Waals surface area contributed by atoms with E-state index in [0.717, 1.165) is 19.5 Å². The second-order valence-electron chi connectivity index (χ2n) is 3.75. The minimum Gasteiger partial charge on any atom is -0.367 e. The van der Waals surface area contributed by atoms with Crippen molar-refractivity contribution in [3.63, 3.8) is 0 Å². The molecule has 0 aliphatic carbocycles. The van der Waals surface area contributed by atoms with E-state index in [2.05, 4.69) is 31.3 Å². The van der Waals surface area contributed by atoms with Crippen LogP contribution in [0.25, 0.3) is 0 Å². The third-order valence-corrected chi connectivity index (χ3v) is 3.83. The minimum absolute atomic E-state index is 0.268. The molecule has 78 valence electrons. The van der Waals surface area contributed by atoms with Crippen LogP contribution in [0.1, 0.15) is 29.7 Å². The van der Waals surface area contributed by atoms with Crippen molar-refractivity contribution >= 4 is 11.3 Å². The van der Waals surface area contributed by atoms with Crippen molar-refractivity contribution in [2.45, 2.75) is 32.5 Å². The SMILES string of the molecule is CCc1ccc(C2CNCC(C)O2)s1. The third-order valence-electron chi connectivity index (χ3n) is 2.51. The van der Waals surface area contributed by atoms with E-state index in [1.807, 2.05) is 11.3 Å². The molecule has 0 radical (unpaired) electrons. The molecule has 2 rings (SSSR count). The average Bonchev–Trinajstić information content (AvgIpc) is 2.66. The van der Waals surface area contributed by atoms with Crippen LogP contribution in [0.4, 0.5) is 0 Å². The highest BCUT2D eigenvalue weighted by molar-refractivity contribution is 7.12. The molecule has 0 amide bonds. The predicted octanol–water partition coefficient (Wildman–Crippen LogP) is 2.36. The highest BCUT2D eigenvalue weighted by Crippen LogP contribution is 2.28. The second kappa shape index (κ2) is 4.43. The Hall–Kier alpha value is -0.380. The molecule has 3 heteroatoms. The van der Waals surface area contributed by atoms with Crippen molar-refractivity contribution in [2.75, 3.05) is 13.1 Å². The lowest BCUT2D eigenvalue weighted by Gasteiger charge is -2.27. The predicted molar refractivity (Wildman–Crippen MR) is 59.9 cm³/mol. The van der Waals surface area contributed by atoms with Gasteiger partial charge >= 0.3 is 0 Å². The molecule has 2 atom stereocenters. The smallest absolute Gasteiger partial charge is 0.104 e. The van der Waals surface area contributed by atoms with Gasteiger partial charge in [-0.15, -0.1) is 11.3 Å². The summed E-state index contributed by atoms with van der Waals surface area (Å²) < 4.78 is 5.88. The monoisotopic (exact) mass is 211 g/mol. The Morgan fingerprint density at radius 3 is 3.00 bits per heavy atom.